The average Bonchev–Trinajstić information content (AvgIpc) is 2.74. The molecule has 0 radical (unpaired) electrons. The molecule has 0 saturated carbocycles. The predicted octanol–water partition coefficient (Wildman–Crippen LogP) is 1.24. The first kappa shape index (κ1) is 7.47. The highest BCUT2D eigenvalue weighted by Gasteiger charge is 2.25. The van der Waals surface area contributed by atoms with Gasteiger partial charge < -0.3 is 4.42 Å². The van der Waals surface area contributed by atoms with Crippen molar-refractivity contribution in [3.8, 4) is 11.5 Å². The first-order valence-corrected chi connectivity index (χ1v) is 3.29. The van der Waals surface area contributed by atoms with Crippen LogP contribution in [0.1, 0.15) is 0 Å². The summed E-state index contributed by atoms with van der Waals surface area (Å²) in [6.07, 6.45) is 1.38. The van der Waals surface area contributed by atoms with Crippen molar-refractivity contribution in [2.24, 2.45) is 0 Å². The van der Waals surface area contributed by atoms with Crippen LogP contribution < -0.4 is 0 Å². The summed E-state index contributed by atoms with van der Waals surface area (Å²) in [5.74, 6) is -0.261. The molecule has 0 saturated heterocycles. The number of nitrogens with zero attached hydrogens (tertiary/aromatic N) is 3. The Bertz CT molecular complexity index is 419. The molecule has 2 heterocycles. The molecule has 66 valence electrons. The fourth-order valence-electron chi connectivity index (χ4n) is 0.874. The Morgan fingerprint density at radius 1 is 1.54 bits per heavy atom. The van der Waals surface area contributed by atoms with E-state index in [2.05, 4.69) is 14.9 Å². The van der Waals surface area contributed by atoms with Gasteiger partial charge in [0.05, 0.1) is 6.26 Å². The van der Waals surface area contributed by atoms with Crippen LogP contribution in [-0.2, 0) is 0 Å². The van der Waals surface area contributed by atoms with Crippen LogP contribution in [0.3, 0.4) is 0 Å². The van der Waals surface area contributed by atoms with Crippen molar-refractivity contribution < 1.29 is 13.9 Å². The minimum Gasteiger partial charge on any atom is -0.462 e. The van der Waals surface area contributed by atoms with E-state index in [-0.39, 0.29) is 11.5 Å². The van der Waals surface area contributed by atoms with Gasteiger partial charge in [0.2, 0.25) is 0 Å². The Morgan fingerprint density at radius 3 is 3.00 bits per heavy atom. The molecule has 0 spiro atoms. The second kappa shape index (κ2) is 2.70. The average molecular weight is 181 g/mol. The van der Waals surface area contributed by atoms with Crippen molar-refractivity contribution in [3.63, 3.8) is 0 Å². The molecule has 0 N–H and O–H groups in total. The maximum absolute atomic E-state index is 10.4. The molecule has 0 bridgehead atoms. The summed E-state index contributed by atoms with van der Waals surface area (Å²) < 4.78 is 9.23. The van der Waals surface area contributed by atoms with Gasteiger partial charge in [-0.15, -0.1) is 0 Å². The number of nitro groups is 1. The van der Waals surface area contributed by atoms with Crippen LogP contribution >= 0.6 is 0 Å². The molecule has 2 aromatic heterocycles. The number of hydrogen-bond donors (Lipinski definition) is 0. The zero-order valence-electron chi connectivity index (χ0n) is 6.21. The van der Waals surface area contributed by atoms with E-state index < -0.39 is 10.8 Å². The Hall–Kier alpha value is -2.18. The minimum atomic E-state index is -0.710. The molecule has 0 fully saturated rings. The van der Waals surface area contributed by atoms with Crippen molar-refractivity contribution in [1.82, 2.24) is 10.4 Å². The van der Waals surface area contributed by atoms with Crippen molar-refractivity contribution in [2.75, 3.05) is 0 Å². The smallest absolute Gasteiger partial charge is 0.462 e. The standard InChI is InChI=1S/C6H3N3O4/c10-9(11)6-5(7-8-13-6)4-2-1-3-12-4/h1-3H. The summed E-state index contributed by atoms with van der Waals surface area (Å²) in [4.78, 5) is 9.66. The second-order valence-electron chi connectivity index (χ2n) is 2.16. The Morgan fingerprint density at radius 2 is 2.38 bits per heavy atom. The van der Waals surface area contributed by atoms with Crippen molar-refractivity contribution in [2.45, 2.75) is 0 Å². The zero-order valence-corrected chi connectivity index (χ0v) is 6.21. The lowest BCUT2D eigenvalue weighted by molar-refractivity contribution is -0.403. The third-order valence-electron chi connectivity index (χ3n) is 1.39. The zero-order chi connectivity index (χ0) is 9.26. The Labute approximate surface area is 71.1 Å². The molecular formula is C6H3N3O4. The van der Waals surface area contributed by atoms with E-state index in [1.165, 1.54) is 12.3 Å². The molecule has 0 atom stereocenters. The molecule has 2 aromatic rings. The van der Waals surface area contributed by atoms with Crippen molar-refractivity contribution in [1.29, 1.82) is 0 Å². The SMILES string of the molecule is O=[N+]([O-])c1onnc1-c1ccco1. The van der Waals surface area contributed by atoms with Crippen LogP contribution in [0.15, 0.2) is 27.3 Å². The third-order valence-corrected chi connectivity index (χ3v) is 1.39. The molecular weight excluding hydrogens is 178 g/mol. The lowest BCUT2D eigenvalue weighted by Crippen LogP contribution is -1.87. The second-order valence-corrected chi connectivity index (χ2v) is 2.16. The summed E-state index contributed by atoms with van der Waals surface area (Å²) >= 11 is 0. The van der Waals surface area contributed by atoms with Gasteiger partial charge in [0, 0.05) is 5.27 Å². The van der Waals surface area contributed by atoms with Gasteiger partial charge in [0.25, 0.3) is 5.69 Å². The van der Waals surface area contributed by atoms with Crippen LogP contribution in [0.25, 0.3) is 11.5 Å². The van der Waals surface area contributed by atoms with E-state index >= 15 is 0 Å². The molecule has 7 nitrogen and oxygen atoms in total. The molecule has 0 aliphatic rings. The molecule has 0 aliphatic carbocycles. The van der Waals surface area contributed by atoms with Gasteiger partial charge in [0.15, 0.2) is 5.76 Å². The number of hydrogen-bond acceptors (Lipinski definition) is 6. The first-order valence-electron chi connectivity index (χ1n) is 3.29. The van der Waals surface area contributed by atoms with Gasteiger partial charge in [-0.05, 0) is 12.1 Å². The lowest BCUT2D eigenvalue weighted by Gasteiger charge is -1.85. The number of rotatable bonds is 2. The lowest BCUT2D eigenvalue weighted by atomic mass is 10.3. The summed E-state index contributed by atoms with van der Waals surface area (Å²) in [5.41, 5.74) is -0.00463. The van der Waals surface area contributed by atoms with E-state index in [4.69, 9.17) is 4.42 Å². The van der Waals surface area contributed by atoms with Gasteiger partial charge in [-0.1, -0.05) is 5.10 Å². The topological polar surface area (TPSA) is 95.2 Å². The largest absolute Gasteiger partial charge is 0.487 e. The minimum absolute atomic E-state index is 0.00463. The number of furan rings is 1. The summed E-state index contributed by atoms with van der Waals surface area (Å²) in [6.45, 7) is 0. The fraction of sp³-hybridized carbons (Fsp3) is 0. The summed E-state index contributed by atoms with van der Waals surface area (Å²) in [7, 11) is 0. The molecule has 13 heavy (non-hydrogen) atoms. The van der Waals surface area contributed by atoms with Crippen molar-refractivity contribution >= 4 is 5.88 Å². The third kappa shape index (κ3) is 1.15. The summed E-state index contributed by atoms with van der Waals surface area (Å²) in [6, 6.07) is 3.13. The van der Waals surface area contributed by atoms with E-state index in [1.54, 1.807) is 6.07 Å². The fourth-order valence-corrected chi connectivity index (χ4v) is 0.874. The molecule has 2 rings (SSSR count). The monoisotopic (exact) mass is 181 g/mol. The van der Waals surface area contributed by atoms with Gasteiger partial charge in [0.1, 0.15) is 4.92 Å². The quantitative estimate of drug-likeness (QED) is 0.510. The molecule has 0 unspecified atom stereocenters. The van der Waals surface area contributed by atoms with Crippen molar-refractivity contribution in [3.05, 3.63) is 28.5 Å². The normalized spacial score (nSPS) is 10.2. The van der Waals surface area contributed by atoms with Crippen LogP contribution in [0.5, 0.6) is 0 Å². The van der Waals surface area contributed by atoms with E-state index in [1.807, 2.05) is 0 Å². The van der Waals surface area contributed by atoms with Crippen LogP contribution in [-0.4, -0.2) is 15.3 Å². The van der Waals surface area contributed by atoms with E-state index in [9.17, 15) is 10.1 Å². The van der Waals surface area contributed by atoms with E-state index in [0.717, 1.165) is 0 Å². The highest BCUT2D eigenvalue weighted by molar-refractivity contribution is 5.59. The predicted molar refractivity (Wildman–Crippen MR) is 38.7 cm³/mol. The van der Waals surface area contributed by atoms with E-state index in [0.29, 0.717) is 0 Å². The first-order chi connectivity index (χ1) is 6.29. The highest BCUT2D eigenvalue weighted by atomic mass is 16.7. The van der Waals surface area contributed by atoms with Crippen LogP contribution in [0, 0.1) is 10.1 Å². The molecule has 7 heteroatoms. The maximum Gasteiger partial charge on any atom is 0.487 e. The highest BCUT2D eigenvalue weighted by Crippen LogP contribution is 2.26. The maximum atomic E-state index is 10.4. The van der Waals surface area contributed by atoms with Gasteiger partial charge in [-0.25, -0.2) is 0 Å². The van der Waals surface area contributed by atoms with Crippen LogP contribution in [0.2, 0.25) is 0 Å². The molecule has 0 aromatic carbocycles. The molecule has 0 aliphatic heterocycles. The van der Waals surface area contributed by atoms with Gasteiger partial charge in [-0.2, -0.15) is 0 Å². The van der Waals surface area contributed by atoms with Gasteiger partial charge in [-0.3, -0.25) is 14.6 Å². The molecule has 0 amide bonds. The number of aromatic nitrogens is 2. The van der Waals surface area contributed by atoms with Crippen LogP contribution in [0.4, 0.5) is 5.88 Å². The van der Waals surface area contributed by atoms with Gasteiger partial charge >= 0.3 is 5.88 Å². The summed E-state index contributed by atoms with van der Waals surface area (Å²) in [5, 5.41) is 16.9. The Kier molecular flexibility index (Phi) is 1.55. The Balaban J connectivity index is 2.52.